The van der Waals surface area contributed by atoms with Crippen LogP contribution in [-0.2, 0) is 9.47 Å². The van der Waals surface area contributed by atoms with Crippen LogP contribution in [-0.4, -0.2) is 31.2 Å². The van der Waals surface area contributed by atoms with Gasteiger partial charge in [-0.1, -0.05) is 28.1 Å². The van der Waals surface area contributed by atoms with Gasteiger partial charge < -0.3 is 9.47 Å². The number of ketones is 1. The van der Waals surface area contributed by atoms with Crippen LogP contribution < -0.4 is 0 Å². The molecule has 1 spiro atoms. The molecule has 0 aliphatic carbocycles. The molecule has 2 saturated heterocycles. The van der Waals surface area contributed by atoms with E-state index in [4.69, 9.17) is 9.47 Å². The largest absolute Gasteiger partial charge is 0.381 e. The van der Waals surface area contributed by atoms with E-state index in [9.17, 15) is 4.79 Å². The summed E-state index contributed by atoms with van der Waals surface area (Å²) in [4.78, 5) is 12.9. The molecular formula is C17H21BrO3. The molecule has 0 bridgehead atoms. The van der Waals surface area contributed by atoms with Crippen molar-refractivity contribution < 1.29 is 14.3 Å². The van der Waals surface area contributed by atoms with Crippen LogP contribution in [0.1, 0.15) is 41.6 Å². The Kier molecular flexibility index (Phi) is 4.48. The minimum atomic E-state index is -0.128. The quantitative estimate of drug-likeness (QED) is 0.756. The summed E-state index contributed by atoms with van der Waals surface area (Å²) >= 11 is 3.52. The highest BCUT2D eigenvalue weighted by atomic mass is 79.9. The van der Waals surface area contributed by atoms with Gasteiger partial charge >= 0.3 is 0 Å². The third-order valence-corrected chi connectivity index (χ3v) is 5.66. The lowest BCUT2D eigenvalue weighted by Gasteiger charge is -2.43. The maximum Gasteiger partial charge on any atom is 0.166 e. The van der Waals surface area contributed by atoms with E-state index in [1.54, 1.807) is 0 Å². The van der Waals surface area contributed by atoms with Crippen LogP contribution in [0.3, 0.4) is 0 Å². The predicted molar refractivity (Wildman–Crippen MR) is 84.7 cm³/mol. The van der Waals surface area contributed by atoms with Gasteiger partial charge in [0, 0.05) is 35.8 Å². The van der Waals surface area contributed by atoms with E-state index >= 15 is 0 Å². The van der Waals surface area contributed by atoms with Crippen molar-refractivity contribution in [1.29, 1.82) is 0 Å². The number of hydrogen-bond acceptors (Lipinski definition) is 3. The first-order valence-electron chi connectivity index (χ1n) is 7.62. The zero-order valence-corrected chi connectivity index (χ0v) is 13.9. The Hall–Kier alpha value is -0.710. The van der Waals surface area contributed by atoms with Gasteiger partial charge in [-0.05, 0) is 44.2 Å². The van der Waals surface area contributed by atoms with Gasteiger partial charge in [0.2, 0.25) is 0 Å². The highest BCUT2D eigenvalue weighted by Crippen LogP contribution is 2.38. The van der Waals surface area contributed by atoms with Crippen molar-refractivity contribution in [2.75, 3.05) is 19.8 Å². The molecule has 2 fully saturated rings. The van der Waals surface area contributed by atoms with Crippen molar-refractivity contribution >= 4 is 21.7 Å². The molecule has 3 nitrogen and oxygen atoms in total. The van der Waals surface area contributed by atoms with Crippen LogP contribution >= 0.6 is 15.9 Å². The van der Waals surface area contributed by atoms with E-state index in [0.717, 1.165) is 54.5 Å². The van der Waals surface area contributed by atoms with Gasteiger partial charge in [-0.15, -0.1) is 0 Å². The molecule has 0 aromatic heterocycles. The lowest BCUT2D eigenvalue weighted by atomic mass is 9.77. The number of carbonyl (C=O) groups excluding carboxylic acids is 1. The van der Waals surface area contributed by atoms with Crippen LogP contribution in [0.5, 0.6) is 0 Å². The molecule has 21 heavy (non-hydrogen) atoms. The van der Waals surface area contributed by atoms with E-state index in [1.165, 1.54) is 0 Å². The van der Waals surface area contributed by atoms with E-state index in [0.29, 0.717) is 6.61 Å². The van der Waals surface area contributed by atoms with Crippen molar-refractivity contribution in [2.45, 2.75) is 38.2 Å². The van der Waals surface area contributed by atoms with E-state index in [-0.39, 0.29) is 17.3 Å². The lowest BCUT2D eigenvalue weighted by Crippen LogP contribution is -2.46. The molecule has 2 heterocycles. The van der Waals surface area contributed by atoms with Crippen molar-refractivity contribution in [2.24, 2.45) is 5.92 Å². The van der Waals surface area contributed by atoms with Crippen LogP contribution in [0.25, 0.3) is 0 Å². The standard InChI is InChI=1S/C17H21BrO3/c1-12-14(3-2-4-15(12)18)16(19)13-5-8-21-17(11-13)6-9-20-10-7-17/h2-4,13H,5-11H2,1H3. The van der Waals surface area contributed by atoms with Gasteiger partial charge in [-0.3, -0.25) is 4.79 Å². The number of halogens is 1. The Balaban J connectivity index is 1.79. The molecule has 2 aliphatic rings. The zero-order valence-electron chi connectivity index (χ0n) is 12.4. The Morgan fingerprint density at radius 1 is 1.29 bits per heavy atom. The van der Waals surface area contributed by atoms with Crippen LogP contribution in [0.2, 0.25) is 0 Å². The van der Waals surface area contributed by atoms with Crippen molar-refractivity contribution in [3.8, 4) is 0 Å². The molecule has 0 saturated carbocycles. The Morgan fingerprint density at radius 2 is 2.05 bits per heavy atom. The van der Waals surface area contributed by atoms with Crippen molar-refractivity contribution in [3.05, 3.63) is 33.8 Å². The molecule has 0 radical (unpaired) electrons. The third kappa shape index (κ3) is 3.08. The minimum Gasteiger partial charge on any atom is -0.381 e. The molecular weight excluding hydrogens is 332 g/mol. The van der Waals surface area contributed by atoms with Crippen molar-refractivity contribution in [1.82, 2.24) is 0 Å². The molecule has 3 rings (SSSR count). The van der Waals surface area contributed by atoms with Crippen molar-refractivity contribution in [3.63, 3.8) is 0 Å². The van der Waals surface area contributed by atoms with Gasteiger partial charge in [0.05, 0.1) is 5.60 Å². The molecule has 0 amide bonds. The molecule has 0 N–H and O–H groups in total. The highest BCUT2D eigenvalue weighted by Gasteiger charge is 2.41. The van der Waals surface area contributed by atoms with Gasteiger partial charge in [-0.2, -0.15) is 0 Å². The van der Waals surface area contributed by atoms with Crippen LogP contribution in [0.15, 0.2) is 22.7 Å². The summed E-state index contributed by atoms with van der Waals surface area (Å²) in [7, 11) is 0. The molecule has 1 aromatic carbocycles. The monoisotopic (exact) mass is 352 g/mol. The van der Waals surface area contributed by atoms with Crippen LogP contribution in [0.4, 0.5) is 0 Å². The topological polar surface area (TPSA) is 35.5 Å². The van der Waals surface area contributed by atoms with E-state index < -0.39 is 0 Å². The van der Waals surface area contributed by atoms with Gasteiger partial charge in [-0.25, -0.2) is 0 Å². The summed E-state index contributed by atoms with van der Waals surface area (Å²) in [5.41, 5.74) is 1.75. The molecule has 114 valence electrons. The smallest absolute Gasteiger partial charge is 0.166 e. The summed E-state index contributed by atoms with van der Waals surface area (Å²) in [5.74, 6) is 0.341. The SMILES string of the molecule is Cc1c(Br)cccc1C(=O)C1CCOC2(CCOCC2)C1. The summed E-state index contributed by atoms with van der Waals surface area (Å²) in [6, 6.07) is 5.86. The fourth-order valence-electron chi connectivity index (χ4n) is 3.44. The Labute approximate surface area is 134 Å². The second-order valence-electron chi connectivity index (χ2n) is 6.11. The summed E-state index contributed by atoms with van der Waals surface area (Å²) in [5, 5.41) is 0. The first kappa shape index (κ1) is 15.2. The van der Waals surface area contributed by atoms with Gasteiger partial charge in [0.1, 0.15) is 0 Å². The second-order valence-corrected chi connectivity index (χ2v) is 6.96. The maximum absolute atomic E-state index is 12.9. The molecule has 1 aromatic rings. The maximum atomic E-state index is 12.9. The first-order valence-corrected chi connectivity index (χ1v) is 8.42. The number of rotatable bonds is 2. The minimum absolute atomic E-state index is 0.0739. The fraction of sp³-hybridized carbons (Fsp3) is 0.588. The number of hydrogen-bond donors (Lipinski definition) is 0. The number of ether oxygens (including phenoxy) is 2. The summed E-state index contributed by atoms with van der Waals surface area (Å²) in [6.45, 7) is 4.18. The second kappa shape index (κ2) is 6.19. The van der Waals surface area contributed by atoms with Gasteiger partial charge in [0.15, 0.2) is 5.78 Å². The predicted octanol–water partition coefficient (Wildman–Crippen LogP) is 3.92. The first-order chi connectivity index (χ1) is 10.1. The normalized spacial score (nSPS) is 25.0. The summed E-state index contributed by atoms with van der Waals surface area (Å²) in [6.07, 6.45) is 3.48. The van der Waals surface area contributed by atoms with E-state index in [1.807, 2.05) is 25.1 Å². The molecule has 1 unspecified atom stereocenters. The fourth-order valence-corrected chi connectivity index (χ4v) is 3.80. The van der Waals surface area contributed by atoms with E-state index in [2.05, 4.69) is 15.9 Å². The zero-order chi connectivity index (χ0) is 14.9. The summed E-state index contributed by atoms with van der Waals surface area (Å²) < 4.78 is 12.5. The third-order valence-electron chi connectivity index (χ3n) is 4.80. The molecule has 4 heteroatoms. The van der Waals surface area contributed by atoms with Crippen LogP contribution in [0, 0.1) is 12.8 Å². The van der Waals surface area contributed by atoms with Gasteiger partial charge in [0.25, 0.3) is 0 Å². The lowest BCUT2D eigenvalue weighted by molar-refractivity contribution is -0.142. The Morgan fingerprint density at radius 3 is 2.81 bits per heavy atom. The molecule has 1 atom stereocenters. The number of Topliss-reactive ketones (excluding diaryl/α,β-unsaturated/α-hetero) is 1. The average Bonchev–Trinajstić information content (AvgIpc) is 2.50. The molecule has 2 aliphatic heterocycles. The highest BCUT2D eigenvalue weighted by molar-refractivity contribution is 9.10. The average molecular weight is 353 g/mol. The Bertz CT molecular complexity index is 529. The number of benzene rings is 1. The number of carbonyl (C=O) groups is 1.